The van der Waals surface area contributed by atoms with Gasteiger partial charge >= 0.3 is 0 Å². The molecule has 0 saturated carbocycles. The van der Waals surface area contributed by atoms with Crippen LogP contribution in [-0.2, 0) is 47.4 Å². The van der Waals surface area contributed by atoms with E-state index >= 15 is 0 Å². The average molecular weight is 749 g/mol. The standard InChI is InChI=1S/C40H58O12.H2O/c1-19-11-24-5-7-28-20(2)12-26(45-28)9-10-40-17-33-36(51-40)37-38(50-33)39(52-40)35-29(49-37)8-6-25(47-35)13-22(42)14-27-31(16-30(46-24)21(19)3)48-32(34(27)44-4)15-23(43)18-41;/h19,23-39,41,43H,2-3,5-18H2,1,4H3;1H2/t19-,23+,24+,25-,26+,27+,28+,29+,30-,31+,32-,33-,34-,35+,36-,37+,38-,39+,40?;/m1./s1. The van der Waals surface area contributed by atoms with Crippen LogP contribution in [0.4, 0.5) is 0 Å². The molecule has 12 bridgehead atoms. The lowest BCUT2D eigenvalue weighted by Gasteiger charge is -2.47. The van der Waals surface area contributed by atoms with Crippen molar-refractivity contribution in [3.8, 4) is 0 Å². The zero-order chi connectivity index (χ0) is 35.9. The molecular formula is C40H60O13. The van der Waals surface area contributed by atoms with Gasteiger partial charge in [-0.25, -0.2) is 0 Å². The van der Waals surface area contributed by atoms with Crippen LogP contribution < -0.4 is 0 Å². The maximum Gasteiger partial charge on any atom is 0.172 e. The molecule has 10 aliphatic heterocycles. The Bertz CT molecular complexity index is 1380. The molecular weight excluding hydrogens is 688 g/mol. The second-order valence-corrected chi connectivity index (χ2v) is 17.4. The van der Waals surface area contributed by atoms with E-state index in [1.165, 1.54) is 0 Å². The highest BCUT2D eigenvalue weighted by atomic mass is 16.8. The Hall–Kier alpha value is -1.33. The van der Waals surface area contributed by atoms with Crippen molar-refractivity contribution in [2.45, 2.75) is 194 Å². The van der Waals surface area contributed by atoms with E-state index in [2.05, 4.69) is 20.1 Å². The summed E-state index contributed by atoms with van der Waals surface area (Å²) in [6.45, 7) is 10.7. The monoisotopic (exact) mass is 748 g/mol. The average Bonchev–Trinajstić information content (AvgIpc) is 3.79. The molecule has 4 N–H and O–H groups in total. The van der Waals surface area contributed by atoms with Gasteiger partial charge in [-0.3, -0.25) is 4.79 Å². The number of ether oxygens (including phenoxy) is 9. The summed E-state index contributed by atoms with van der Waals surface area (Å²) in [4.78, 5) is 14.0. The quantitative estimate of drug-likeness (QED) is 0.404. The molecule has 1 unspecified atom stereocenters. The highest BCUT2D eigenvalue weighted by Gasteiger charge is 2.68. The molecule has 0 radical (unpaired) electrons. The number of methoxy groups -OCH3 is 1. The number of Topliss-reactive ketones (excluding diaryl/α,β-unsaturated/α-hetero) is 1. The van der Waals surface area contributed by atoms with Crippen LogP contribution in [0.1, 0.15) is 90.4 Å². The number of carbonyl (C=O) groups excluding carboxylic acids is 1. The maximum absolute atomic E-state index is 14.0. The van der Waals surface area contributed by atoms with Gasteiger partial charge in [0.25, 0.3) is 0 Å². The molecule has 10 heterocycles. The number of hydrogen-bond donors (Lipinski definition) is 2. The van der Waals surface area contributed by atoms with Gasteiger partial charge in [0, 0.05) is 51.6 Å². The first-order chi connectivity index (χ1) is 25.1. The van der Waals surface area contributed by atoms with E-state index in [1.807, 2.05) is 0 Å². The predicted octanol–water partition coefficient (Wildman–Crippen LogP) is 2.65. The van der Waals surface area contributed by atoms with Crippen molar-refractivity contribution in [1.29, 1.82) is 0 Å². The Morgan fingerprint density at radius 1 is 0.792 bits per heavy atom. The Morgan fingerprint density at radius 2 is 1.53 bits per heavy atom. The van der Waals surface area contributed by atoms with E-state index in [0.717, 1.165) is 49.7 Å². The van der Waals surface area contributed by atoms with Crippen LogP contribution in [0.2, 0.25) is 0 Å². The van der Waals surface area contributed by atoms with E-state index in [9.17, 15) is 15.0 Å². The maximum atomic E-state index is 14.0. The van der Waals surface area contributed by atoms with E-state index in [0.29, 0.717) is 25.7 Å². The minimum Gasteiger partial charge on any atom is -0.412 e. The molecule has 10 fully saturated rings. The molecule has 0 aliphatic carbocycles. The fourth-order valence-electron chi connectivity index (χ4n) is 11.3. The summed E-state index contributed by atoms with van der Waals surface area (Å²) in [5.74, 6) is -0.709. The highest BCUT2D eigenvalue weighted by molar-refractivity contribution is 5.79. The van der Waals surface area contributed by atoms with Gasteiger partial charge in [0.05, 0.1) is 73.8 Å². The van der Waals surface area contributed by atoms with Crippen molar-refractivity contribution in [3.63, 3.8) is 0 Å². The Labute approximate surface area is 312 Å². The first-order valence-electron chi connectivity index (χ1n) is 20.1. The lowest BCUT2D eigenvalue weighted by Crippen LogP contribution is -2.61. The molecule has 0 aromatic heterocycles. The van der Waals surface area contributed by atoms with Gasteiger partial charge in [-0.05, 0) is 62.0 Å². The number of ketones is 1. The smallest absolute Gasteiger partial charge is 0.172 e. The van der Waals surface area contributed by atoms with Crippen molar-refractivity contribution in [2.75, 3.05) is 13.7 Å². The van der Waals surface area contributed by atoms with Crippen LogP contribution in [0.3, 0.4) is 0 Å². The Kier molecular flexibility index (Phi) is 11.1. The fraction of sp³-hybridized carbons (Fsp3) is 0.875. The number of aliphatic hydroxyl groups excluding tert-OH is 2. The van der Waals surface area contributed by atoms with Crippen LogP contribution in [0.25, 0.3) is 0 Å². The van der Waals surface area contributed by atoms with Gasteiger partial charge in [-0.1, -0.05) is 20.1 Å². The van der Waals surface area contributed by atoms with Crippen LogP contribution in [0.5, 0.6) is 0 Å². The summed E-state index contributed by atoms with van der Waals surface area (Å²) >= 11 is 0. The number of fused-ring (bicyclic) bond motifs is 6. The van der Waals surface area contributed by atoms with Crippen molar-refractivity contribution < 1.29 is 63.1 Å². The van der Waals surface area contributed by atoms with Crippen molar-refractivity contribution in [3.05, 3.63) is 24.3 Å². The van der Waals surface area contributed by atoms with Crippen molar-refractivity contribution in [2.24, 2.45) is 11.8 Å². The van der Waals surface area contributed by atoms with E-state index in [-0.39, 0.29) is 128 Å². The fourth-order valence-corrected chi connectivity index (χ4v) is 11.3. The van der Waals surface area contributed by atoms with Crippen LogP contribution >= 0.6 is 0 Å². The molecule has 19 atom stereocenters. The van der Waals surface area contributed by atoms with Crippen LogP contribution in [-0.4, -0.2) is 139 Å². The lowest BCUT2D eigenvalue weighted by atomic mass is 9.81. The molecule has 10 rings (SSSR count). The lowest BCUT2D eigenvalue weighted by molar-refractivity contribution is -0.292. The van der Waals surface area contributed by atoms with Gasteiger partial charge in [-0.15, -0.1) is 0 Å². The molecule has 298 valence electrons. The summed E-state index contributed by atoms with van der Waals surface area (Å²) in [7, 11) is 1.63. The molecule has 53 heavy (non-hydrogen) atoms. The Balaban J connectivity index is 0.00000400. The minimum absolute atomic E-state index is 0. The third-order valence-corrected chi connectivity index (χ3v) is 13.9. The van der Waals surface area contributed by atoms with E-state index in [4.69, 9.17) is 42.6 Å². The van der Waals surface area contributed by atoms with Gasteiger partial charge in [0.2, 0.25) is 0 Å². The van der Waals surface area contributed by atoms with Gasteiger partial charge < -0.3 is 58.3 Å². The minimum atomic E-state index is -0.951. The first kappa shape index (κ1) is 38.5. The molecule has 1 spiro atoms. The molecule has 13 heteroatoms. The second kappa shape index (κ2) is 15.2. The highest BCUT2D eigenvalue weighted by Crippen LogP contribution is 2.54. The van der Waals surface area contributed by atoms with Crippen molar-refractivity contribution in [1.82, 2.24) is 0 Å². The van der Waals surface area contributed by atoms with Gasteiger partial charge in [-0.2, -0.15) is 0 Å². The normalized spacial score (nSPS) is 51.4. The summed E-state index contributed by atoms with van der Waals surface area (Å²) in [6, 6.07) is 0. The second-order valence-electron chi connectivity index (χ2n) is 17.4. The number of hydrogen-bond acceptors (Lipinski definition) is 12. The molecule has 10 saturated heterocycles. The van der Waals surface area contributed by atoms with Crippen molar-refractivity contribution >= 4 is 5.78 Å². The number of aliphatic hydroxyl groups is 2. The van der Waals surface area contributed by atoms with E-state index in [1.54, 1.807) is 7.11 Å². The first-order valence-corrected chi connectivity index (χ1v) is 20.1. The molecule has 10 aliphatic rings. The third kappa shape index (κ3) is 7.14. The molecule has 0 aromatic rings. The predicted molar refractivity (Wildman–Crippen MR) is 188 cm³/mol. The summed E-state index contributed by atoms with van der Waals surface area (Å²) in [5.41, 5.74) is 2.17. The number of rotatable bonds is 4. The zero-order valence-electron chi connectivity index (χ0n) is 31.2. The molecule has 13 nitrogen and oxygen atoms in total. The SMILES string of the molecule is C=C1C[C@@H]2CCC34C[C@H]5O[C@H]6[C@@H](O3)[C@H]3O[C@H](CC[C@@H]3O[C@H]6[C@@H]5O4)CC(=O)C[C@@H]3[C@@H](OC)[C@@H](C[C@H](O)CO)O[C@H]3C[C@H]3O[C@@H](CC[C@@H]1O2)C[C@@H](C)C3=C.O. The summed E-state index contributed by atoms with van der Waals surface area (Å²) in [6.07, 6.45) is 4.01. The summed E-state index contributed by atoms with van der Waals surface area (Å²) < 4.78 is 59.8. The number of carbonyl (C=O) groups is 1. The third-order valence-electron chi connectivity index (χ3n) is 13.9. The largest absolute Gasteiger partial charge is 0.412 e. The van der Waals surface area contributed by atoms with Gasteiger partial charge in [0.1, 0.15) is 36.3 Å². The molecule has 0 amide bonds. The van der Waals surface area contributed by atoms with Gasteiger partial charge in [0.15, 0.2) is 5.79 Å². The Morgan fingerprint density at radius 3 is 2.34 bits per heavy atom. The topological polar surface area (TPSA) is 172 Å². The molecule has 0 aromatic carbocycles. The van der Waals surface area contributed by atoms with Crippen LogP contribution in [0, 0.1) is 11.8 Å². The van der Waals surface area contributed by atoms with E-state index < -0.39 is 24.1 Å². The zero-order valence-corrected chi connectivity index (χ0v) is 31.2. The summed E-state index contributed by atoms with van der Waals surface area (Å²) in [5, 5.41) is 20.1. The van der Waals surface area contributed by atoms with Crippen LogP contribution in [0.15, 0.2) is 24.3 Å².